The Morgan fingerprint density at radius 2 is 1.20 bits per heavy atom. The summed E-state index contributed by atoms with van der Waals surface area (Å²) < 4.78 is 0.820. The summed E-state index contributed by atoms with van der Waals surface area (Å²) >= 11 is 2.14. The van der Waals surface area contributed by atoms with E-state index in [2.05, 4.69) is 62.8 Å². The molecule has 20 N–H and O–H groups in total. The van der Waals surface area contributed by atoms with Gasteiger partial charge in [0.1, 0.15) is 84.8 Å². The second-order valence-corrected chi connectivity index (χ2v) is 36.2. The molecule has 13 atom stereocenters. The zero-order valence-electron chi connectivity index (χ0n) is 76.8. The number of carboxylic acids is 2. The van der Waals surface area contributed by atoms with Crippen LogP contribution in [0.5, 0.6) is 5.75 Å². The summed E-state index contributed by atoms with van der Waals surface area (Å²) in [6.45, 7) is 4.97. The summed E-state index contributed by atoms with van der Waals surface area (Å²) in [5.41, 5.74) is 19.6. The number of unbranched alkanes of at least 4 members (excludes halogenated alkanes) is 2. The number of primary amides is 2. The van der Waals surface area contributed by atoms with Crippen molar-refractivity contribution in [3.63, 3.8) is 0 Å². The Morgan fingerprint density at radius 3 is 1.85 bits per heavy atom. The predicted molar refractivity (Wildman–Crippen MR) is 497 cm³/mol. The Labute approximate surface area is 788 Å². The van der Waals surface area contributed by atoms with Gasteiger partial charge in [0.2, 0.25) is 94.5 Å². The number of benzene rings is 3. The van der Waals surface area contributed by atoms with Gasteiger partial charge >= 0.3 is 11.9 Å². The van der Waals surface area contributed by atoms with E-state index in [9.17, 15) is 77.6 Å². The number of likely N-dealkylation sites (N-methyl/N-ethyl adjacent to an activating group) is 3. The van der Waals surface area contributed by atoms with E-state index in [1.165, 1.54) is 86.0 Å². The molecule has 0 saturated carbocycles. The minimum Gasteiger partial charge on any atom is -0.508 e. The molecular weight excluding hydrogens is 1790 g/mol. The Hall–Kier alpha value is -13.4. The maximum atomic E-state index is 15.8. The van der Waals surface area contributed by atoms with Crippen molar-refractivity contribution in [3.8, 4) is 5.75 Å². The van der Waals surface area contributed by atoms with E-state index in [0.717, 1.165) is 31.6 Å². The number of carboxylic acid groups (broad SMARTS) is 2. The second kappa shape index (κ2) is 51.7. The highest BCUT2D eigenvalue weighted by atomic mass is 32.2. The Morgan fingerprint density at radius 1 is 0.585 bits per heavy atom. The van der Waals surface area contributed by atoms with Crippen molar-refractivity contribution in [2.75, 3.05) is 65.4 Å². The Kier molecular flexibility index (Phi) is 41.0. The third kappa shape index (κ3) is 31.4. The van der Waals surface area contributed by atoms with Crippen LogP contribution in [0.3, 0.4) is 0 Å². The zero-order chi connectivity index (χ0) is 99.0. The number of aromatic hydroxyl groups is 1. The summed E-state index contributed by atoms with van der Waals surface area (Å²) in [6.07, 6.45) is 1.13. The number of carbonyl (C=O) groups is 19. The number of aromatic amines is 2. The lowest BCUT2D eigenvalue weighted by Crippen LogP contribution is -2.60. The number of thioether (sulfide) groups is 1. The van der Waals surface area contributed by atoms with Crippen LogP contribution >= 0.6 is 23.1 Å². The SMILES string of the molecule is CCCC[C@H]1C(=O)N(C)[C@@H](CCCC)C(=O)N[C@@H](CC(C)C)C(=O)N[C@H](C(=O)NCC(N)=O)CSCC(=O)N[C@@H](Cc2ccc(O)cc2)C(=O)N(C)[C@@H](C)C(=O)N[C@@H](CC(N)=O)C(=O)N2CCC[C@H]2C(=O)N[C@@H](Cc2c[nH]cn2)C(=O)N[C@@H](CCC(=O)O)C(=O)N(CC(=O)O)CC(=O)C[C@@H](Cc2c[nH]c3ccccc23)C(=O)N[C@@H](CCN)C(=O)N[C@@H](Cc2csc3ccccc23)C(=O)N1C. The molecule has 5 heterocycles. The molecular formula is C91H124N20O22S2. The maximum Gasteiger partial charge on any atom is 0.323 e. The molecule has 44 heteroatoms. The first-order valence-electron chi connectivity index (χ1n) is 44.8. The summed E-state index contributed by atoms with van der Waals surface area (Å²) in [6, 6.07) is 0.837. The van der Waals surface area contributed by atoms with Crippen molar-refractivity contribution >= 4 is 156 Å². The van der Waals surface area contributed by atoms with Gasteiger partial charge in [-0.2, -0.15) is 0 Å². The summed E-state index contributed by atoms with van der Waals surface area (Å²) in [4.78, 5) is 290. The average Bonchev–Trinajstić information content (AvgIpc) is 1.78. The van der Waals surface area contributed by atoms with Gasteiger partial charge in [-0.25, -0.2) is 4.98 Å². The molecule has 2 aliphatic rings. The van der Waals surface area contributed by atoms with Crippen LogP contribution in [0.2, 0.25) is 0 Å². The highest BCUT2D eigenvalue weighted by molar-refractivity contribution is 8.00. The number of rotatable bonds is 28. The number of H-pyrrole nitrogens is 2. The number of fused-ring (bicyclic) bond motifs is 3. The molecule has 42 nitrogen and oxygen atoms in total. The minimum atomic E-state index is -1.98. The lowest BCUT2D eigenvalue weighted by Gasteiger charge is -2.36. The number of thiophene rings is 1. The highest BCUT2D eigenvalue weighted by Gasteiger charge is 2.45. The number of phenolic OH excluding ortho intramolecular Hbond substituents is 1. The van der Waals surface area contributed by atoms with E-state index in [0.29, 0.717) is 58.2 Å². The monoisotopic (exact) mass is 1910 g/mol. The van der Waals surface area contributed by atoms with Crippen LogP contribution in [-0.2, 0) is 117 Å². The van der Waals surface area contributed by atoms with Gasteiger partial charge in [-0.05, 0) is 122 Å². The van der Waals surface area contributed by atoms with E-state index in [1.54, 1.807) is 55.8 Å². The van der Waals surface area contributed by atoms with Crippen molar-refractivity contribution in [3.05, 3.63) is 119 Å². The van der Waals surface area contributed by atoms with Crippen LogP contribution in [0.15, 0.2) is 96.9 Å². The number of ketones is 1. The van der Waals surface area contributed by atoms with E-state index in [1.807, 2.05) is 32.0 Å². The van der Waals surface area contributed by atoms with Crippen molar-refractivity contribution in [1.29, 1.82) is 0 Å². The van der Waals surface area contributed by atoms with Gasteiger partial charge in [-0.3, -0.25) is 91.1 Å². The molecule has 135 heavy (non-hydrogen) atoms. The number of nitrogens with two attached hydrogens (primary N) is 3. The van der Waals surface area contributed by atoms with Gasteiger partial charge in [0.05, 0.1) is 37.3 Å². The number of aliphatic carboxylic acids is 2. The summed E-state index contributed by atoms with van der Waals surface area (Å²) in [5.74, 6) is -22.6. The number of aromatic nitrogens is 3. The molecule has 3 aromatic carbocycles. The molecule has 2 fully saturated rings. The minimum absolute atomic E-state index is 0.0198. The van der Waals surface area contributed by atoms with Gasteiger partial charge in [0.15, 0.2) is 5.78 Å². The standard InChI is InChI=1S/C91H124N20O22S2/c1-9-11-21-70-85(127)102-64(34-50(3)4)83(125)106-69(81(123)97-43-75(94)115)47-134-48-76(116)99-66(35-52-25-27-57(112)28-26-52)87(129)107(6)51(5)79(121)104-68(40-74(93)114)90(132)111-33-17-23-71(111)86(128)103-65(39-56-42-95-49-98-56)84(126)101-63(29-30-77(117)118)89(131)110(45-78(119)120)44-58(113)37-53(36-54-41-96-61-20-15-13-18-59(54)61)80(122)100-62(31-32-92)82(124)105-67(38-55-46-135-73-24-16-14-19-60(55)73)88(130)109(8)72(22-12-10-2)91(133)108(70)7/h13-16,18-20,24-28,41-42,46,49-51,53,62-72,96,112H,9-12,17,21-23,29-40,43-45,47-48,92H2,1-8H3,(H2,93,114)(H2,94,115)(H,95,98)(H,97,123)(H,99,116)(H,100,122)(H,101,126)(H,102,127)(H,103,128)(H,104,121)(H,105,124)(H,106,125)(H,117,118)(H,119,120)/t51-,53+,62-,63-,64-,65-,66-,67-,68-,69-,70-,71-,72-/m0/s1. The van der Waals surface area contributed by atoms with Gasteiger partial charge in [0.25, 0.3) is 0 Å². The van der Waals surface area contributed by atoms with E-state index >= 15 is 28.8 Å². The van der Waals surface area contributed by atoms with Crippen LogP contribution < -0.4 is 65.1 Å². The number of Topliss-reactive ketones (excluding diaryl/α,β-unsaturated/α-hetero) is 1. The third-order valence-electron chi connectivity index (χ3n) is 23.5. The predicted octanol–water partition coefficient (Wildman–Crippen LogP) is -0.195. The van der Waals surface area contributed by atoms with Gasteiger partial charge in [-0.15, -0.1) is 23.1 Å². The molecule has 6 aromatic rings. The topological polar surface area (TPSA) is 632 Å². The van der Waals surface area contributed by atoms with Crippen LogP contribution in [0.1, 0.15) is 147 Å². The first kappa shape index (κ1) is 107. The fourth-order valence-corrected chi connectivity index (χ4v) is 18.0. The second-order valence-electron chi connectivity index (χ2n) is 34.3. The van der Waals surface area contributed by atoms with Crippen LogP contribution in [-0.4, -0.2) is 305 Å². The maximum absolute atomic E-state index is 15.8. The molecule has 0 bridgehead atoms. The van der Waals surface area contributed by atoms with Gasteiger partial charge in [0, 0.05) is 99.5 Å². The number of phenols is 1. The largest absolute Gasteiger partial charge is 0.508 e. The fraction of sp³-hybridized carbons (Fsp3) is 0.516. The quantitative estimate of drug-likeness (QED) is 0.0302. The van der Waals surface area contributed by atoms with Crippen molar-refractivity contribution in [1.82, 2.24) is 87.3 Å². The summed E-state index contributed by atoms with van der Waals surface area (Å²) in [5, 5.41) is 57.4. The van der Waals surface area contributed by atoms with Gasteiger partial charge in [-0.1, -0.05) is 102 Å². The molecule has 0 radical (unpaired) electrons. The number of amides is 16. The first-order valence-corrected chi connectivity index (χ1v) is 46.9. The molecule has 2 aliphatic heterocycles. The zero-order valence-corrected chi connectivity index (χ0v) is 78.5. The molecule has 0 spiro atoms. The van der Waals surface area contributed by atoms with E-state index in [-0.39, 0.29) is 88.2 Å². The number of carbonyl (C=O) groups excluding carboxylic acids is 17. The molecule has 16 amide bonds. The lowest BCUT2D eigenvalue weighted by atomic mass is 9.92. The number of hydrogen-bond donors (Lipinski definition) is 17. The van der Waals surface area contributed by atoms with Gasteiger partial charge < -0.3 is 115 Å². The van der Waals surface area contributed by atoms with Crippen molar-refractivity contribution in [2.45, 2.75) is 223 Å². The van der Waals surface area contributed by atoms with Crippen molar-refractivity contribution < 1.29 is 106 Å². The Bertz CT molecular complexity index is 5220. The molecule has 3 aromatic heterocycles. The number of imidazole rings is 1. The first-order chi connectivity index (χ1) is 64.2. The summed E-state index contributed by atoms with van der Waals surface area (Å²) in [7, 11) is 3.95. The van der Waals surface area contributed by atoms with Crippen LogP contribution in [0.25, 0.3) is 21.0 Å². The molecule has 0 unspecified atom stereocenters. The van der Waals surface area contributed by atoms with E-state index < -0.39 is 254 Å². The van der Waals surface area contributed by atoms with Crippen molar-refractivity contribution in [2.24, 2.45) is 29.0 Å². The molecule has 732 valence electrons. The molecule has 2 saturated heterocycles. The number of nitrogens with zero attached hydrogens (tertiary/aromatic N) is 6. The number of hydrogen-bond acceptors (Lipinski definition) is 24. The number of para-hydroxylation sites is 1. The Balaban J connectivity index is 1.21. The number of nitrogens with one attached hydrogen (secondary N) is 11. The fourth-order valence-electron chi connectivity index (χ4n) is 16.1. The molecule has 0 aliphatic carbocycles. The van der Waals surface area contributed by atoms with Crippen LogP contribution in [0.4, 0.5) is 0 Å². The van der Waals surface area contributed by atoms with E-state index in [4.69, 9.17) is 17.2 Å². The third-order valence-corrected chi connectivity index (χ3v) is 25.6. The highest BCUT2D eigenvalue weighted by Crippen LogP contribution is 2.30. The normalized spacial score (nSPS) is 23.3. The lowest BCUT2D eigenvalue weighted by molar-refractivity contribution is -0.149. The van der Waals surface area contributed by atoms with Crippen LogP contribution in [0, 0.1) is 11.8 Å². The molecule has 8 rings (SSSR count). The average molecular weight is 1910 g/mol. The smallest absolute Gasteiger partial charge is 0.323 e.